The number of nitrogens with one attached hydrogen (secondary N) is 2. The van der Waals surface area contributed by atoms with Crippen LogP contribution in [0.4, 0.5) is 10.2 Å². The number of aromatic nitrogens is 4. The SMILES string of the molecule is CC.CC(C)C.OCCNc1nc(-c2c[nH]c3ncc(Cl)cc23)ncc1F. The van der Waals surface area contributed by atoms with E-state index in [1.807, 2.05) is 13.8 Å². The second-order valence-corrected chi connectivity index (χ2v) is 6.46. The molecule has 0 amide bonds. The van der Waals surface area contributed by atoms with Crippen LogP contribution in [-0.2, 0) is 0 Å². The van der Waals surface area contributed by atoms with Gasteiger partial charge in [-0.3, -0.25) is 0 Å². The predicted octanol–water partition coefficient (Wildman–Crippen LogP) is 4.91. The molecule has 0 atom stereocenters. The molecule has 0 saturated carbocycles. The Kier molecular flexibility index (Phi) is 9.67. The Morgan fingerprint density at radius 3 is 2.52 bits per heavy atom. The van der Waals surface area contributed by atoms with E-state index in [2.05, 4.69) is 46.0 Å². The highest BCUT2D eigenvalue weighted by Gasteiger charge is 2.13. The first-order chi connectivity index (χ1) is 12.9. The summed E-state index contributed by atoms with van der Waals surface area (Å²) in [4.78, 5) is 15.3. The van der Waals surface area contributed by atoms with Crippen molar-refractivity contribution in [3.8, 4) is 11.4 Å². The van der Waals surface area contributed by atoms with Gasteiger partial charge < -0.3 is 15.4 Å². The Morgan fingerprint density at radius 2 is 1.89 bits per heavy atom. The Morgan fingerprint density at radius 1 is 1.22 bits per heavy atom. The lowest BCUT2D eigenvalue weighted by Crippen LogP contribution is -2.09. The smallest absolute Gasteiger partial charge is 0.183 e. The highest BCUT2D eigenvalue weighted by atomic mass is 35.5. The number of aliphatic hydroxyl groups is 1. The van der Waals surface area contributed by atoms with Crippen LogP contribution in [0.2, 0.25) is 5.02 Å². The van der Waals surface area contributed by atoms with Crippen molar-refractivity contribution < 1.29 is 9.50 Å². The first-order valence-electron chi connectivity index (χ1n) is 8.92. The number of aliphatic hydroxyl groups excluding tert-OH is 1. The standard InChI is InChI=1S/C13H11ClFN5O.C4H10.C2H6/c14-7-3-8-9(5-18-11(8)17-4-7)12-19-6-10(15)13(20-12)16-1-2-21;1-4(2)3;1-2/h3-6,21H,1-2H2,(H,17,18)(H,16,19,20);4H,1-3H3;1-2H3. The molecule has 0 unspecified atom stereocenters. The lowest BCUT2D eigenvalue weighted by Gasteiger charge is -2.06. The van der Waals surface area contributed by atoms with E-state index in [-0.39, 0.29) is 19.0 Å². The van der Waals surface area contributed by atoms with Gasteiger partial charge in [-0.15, -0.1) is 0 Å². The number of nitrogens with zero attached hydrogens (tertiary/aromatic N) is 3. The van der Waals surface area contributed by atoms with Gasteiger partial charge in [-0.2, -0.15) is 0 Å². The molecule has 0 fully saturated rings. The Labute approximate surface area is 164 Å². The monoisotopic (exact) mass is 395 g/mol. The normalized spacial score (nSPS) is 10.1. The fraction of sp³-hybridized carbons (Fsp3) is 0.421. The van der Waals surface area contributed by atoms with Crippen molar-refractivity contribution in [3.05, 3.63) is 35.5 Å². The van der Waals surface area contributed by atoms with Crippen LogP contribution in [0.3, 0.4) is 0 Å². The topological polar surface area (TPSA) is 86.7 Å². The molecule has 0 bridgehead atoms. The van der Waals surface area contributed by atoms with Gasteiger partial charge in [0.1, 0.15) is 5.65 Å². The zero-order valence-corrected chi connectivity index (χ0v) is 17.1. The second kappa shape index (κ2) is 11.5. The molecule has 148 valence electrons. The summed E-state index contributed by atoms with van der Waals surface area (Å²) < 4.78 is 13.6. The average Bonchev–Trinajstić information content (AvgIpc) is 3.05. The van der Waals surface area contributed by atoms with Gasteiger partial charge in [-0.1, -0.05) is 46.2 Å². The molecule has 3 heterocycles. The fourth-order valence-corrected chi connectivity index (χ4v) is 2.12. The van der Waals surface area contributed by atoms with Crippen LogP contribution in [-0.4, -0.2) is 38.2 Å². The molecule has 0 aliphatic rings. The number of anilines is 1. The number of pyridine rings is 1. The summed E-state index contributed by atoms with van der Waals surface area (Å²) in [6, 6.07) is 1.74. The predicted molar refractivity (Wildman–Crippen MR) is 110 cm³/mol. The van der Waals surface area contributed by atoms with Crippen molar-refractivity contribution >= 4 is 28.5 Å². The molecule has 3 rings (SSSR count). The van der Waals surface area contributed by atoms with Gasteiger partial charge in [-0.05, 0) is 12.0 Å². The maximum Gasteiger partial charge on any atom is 0.183 e. The van der Waals surface area contributed by atoms with E-state index in [9.17, 15) is 4.39 Å². The number of aromatic amines is 1. The third-order valence-corrected chi connectivity index (χ3v) is 3.09. The van der Waals surface area contributed by atoms with E-state index < -0.39 is 5.82 Å². The van der Waals surface area contributed by atoms with Crippen molar-refractivity contribution in [2.24, 2.45) is 5.92 Å². The first kappa shape index (κ1) is 22.8. The molecule has 0 saturated heterocycles. The summed E-state index contributed by atoms with van der Waals surface area (Å²) in [6.45, 7) is 10.6. The summed E-state index contributed by atoms with van der Waals surface area (Å²) in [7, 11) is 0. The van der Waals surface area contributed by atoms with E-state index in [1.54, 1.807) is 12.3 Å². The van der Waals surface area contributed by atoms with Crippen LogP contribution in [0, 0.1) is 11.7 Å². The quantitative estimate of drug-likeness (QED) is 0.584. The molecular weight excluding hydrogens is 369 g/mol. The molecular formula is C19H27ClFN5O. The molecule has 0 aliphatic carbocycles. The van der Waals surface area contributed by atoms with Crippen molar-refractivity contribution in [2.45, 2.75) is 34.6 Å². The van der Waals surface area contributed by atoms with Gasteiger partial charge in [-0.25, -0.2) is 19.3 Å². The minimum absolute atomic E-state index is 0.0402. The lowest BCUT2D eigenvalue weighted by atomic mass is 10.2. The van der Waals surface area contributed by atoms with E-state index in [1.165, 1.54) is 6.20 Å². The van der Waals surface area contributed by atoms with Crippen molar-refractivity contribution in [1.29, 1.82) is 0 Å². The van der Waals surface area contributed by atoms with Gasteiger partial charge in [0.2, 0.25) is 0 Å². The number of halogens is 2. The molecule has 3 aromatic heterocycles. The van der Waals surface area contributed by atoms with Gasteiger partial charge in [0.25, 0.3) is 0 Å². The number of rotatable bonds is 4. The molecule has 3 N–H and O–H groups in total. The van der Waals surface area contributed by atoms with E-state index in [0.29, 0.717) is 22.1 Å². The molecule has 3 aromatic rings. The number of H-pyrrole nitrogens is 1. The van der Waals surface area contributed by atoms with Gasteiger partial charge in [0, 0.05) is 29.9 Å². The summed E-state index contributed by atoms with van der Waals surface area (Å²) in [6.07, 6.45) is 4.31. The zero-order valence-electron chi connectivity index (χ0n) is 16.3. The second-order valence-electron chi connectivity index (χ2n) is 6.02. The van der Waals surface area contributed by atoms with Gasteiger partial charge in [0.15, 0.2) is 17.5 Å². The largest absolute Gasteiger partial charge is 0.395 e. The summed E-state index contributed by atoms with van der Waals surface area (Å²) in [5, 5.41) is 12.7. The van der Waals surface area contributed by atoms with Crippen LogP contribution >= 0.6 is 11.6 Å². The van der Waals surface area contributed by atoms with Crippen LogP contribution in [0.25, 0.3) is 22.4 Å². The summed E-state index contributed by atoms with van der Waals surface area (Å²) in [5.74, 6) is 0.633. The summed E-state index contributed by atoms with van der Waals surface area (Å²) in [5.41, 5.74) is 1.32. The first-order valence-corrected chi connectivity index (χ1v) is 9.30. The zero-order chi connectivity index (χ0) is 20.4. The number of fused-ring (bicyclic) bond motifs is 1. The Hall–Kier alpha value is -2.25. The van der Waals surface area contributed by atoms with Crippen molar-refractivity contribution in [2.75, 3.05) is 18.5 Å². The van der Waals surface area contributed by atoms with Crippen LogP contribution in [0.15, 0.2) is 24.7 Å². The number of hydrogen-bond donors (Lipinski definition) is 3. The fourth-order valence-electron chi connectivity index (χ4n) is 1.96. The minimum Gasteiger partial charge on any atom is -0.395 e. The maximum absolute atomic E-state index is 13.6. The van der Waals surface area contributed by atoms with Crippen LogP contribution < -0.4 is 5.32 Å². The van der Waals surface area contributed by atoms with Gasteiger partial charge in [0.05, 0.1) is 17.8 Å². The van der Waals surface area contributed by atoms with E-state index in [0.717, 1.165) is 17.5 Å². The molecule has 6 nitrogen and oxygen atoms in total. The third-order valence-electron chi connectivity index (χ3n) is 2.89. The van der Waals surface area contributed by atoms with E-state index >= 15 is 0 Å². The third kappa shape index (κ3) is 6.77. The molecule has 0 radical (unpaired) electrons. The Balaban J connectivity index is 0.000000541. The number of hydrogen-bond acceptors (Lipinski definition) is 5. The molecule has 8 heteroatoms. The average molecular weight is 396 g/mol. The van der Waals surface area contributed by atoms with E-state index in [4.69, 9.17) is 16.7 Å². The minimum atomic E-state index is -0.580. The molecule has 27 heavy (non-hydrogen) atoms. The van der Waals surface area contributed by atoms with Crippen LogP contribution in [0.5, 0.6) is 0 Å². The highest BCUT2D eigenvalue weighted by molar-refractivity contribution is 6.31. The molecule has 0 aliphatic heterocycles. The van der Waals surface area contributed by atoms with Crippen molar-refractivity contribution in [3.63, 3.8) is 0 Å². The van der Waals surface area contributed by atoms with Gasteiger partial charge >= 0.3 is 0 Å². The summed E-state index contributed by atoms with van der Waals surface area (Å²) >= 11 is 5.94. The molecule has 0 spiro atoms. The van der Waals surface area contributed by atoms with Crippen LogP contribution in [0.1, 0.15) is 34.6 Å². The Bertz CT molecular complexity index is 835. The van der Waals surface area contributed by atoms with Crippen molar-refractivity contribution in [1.82, 2.24) is 19.9 Å². The lowest BCUT2D eigenvalue weighted by molar-refractivity contribution is 0.310. The maximum atomic E-state index is 13.6. The highest BCUT2D eigenvalue weighted by Crippen LogP contribution is 2.28. The molecule has 0 aromatic carbocycles.